The molecule has 3 heteroatoms. The number of aryl methyl sites for hydroxylation is 1. The Morgan fingerprint density at radius 3 is 2.54 bits per heavy atom. The molecule has 1 heterocycles. The van der Waals surface area contributed by atoms with Gasteiger partial charge in [0.25, 0.3) is 0 Å². The van der Waals surface area contributed by atoms with E-state index in [9.17, 15) is 0 Å². The van der Waals surface area contributed by atoms with E-state index in [1.165, 1.54) is 0 Å². The van der Waals surface area contributed by atoms with Gasteiger partial charge in [-0.1, -0.05) is 23.7 Å². The van der Waals surface area contributed by atoms with Gasteiger partial charge in [-0.05, 0) is 6.07 Å². The predicted octanol–water partition coefficient (Wildman–Crippen LogP) is -0.678. The van der Waals surface area contributed by atoms with Crippen molar-refractivity contribution in [2.75, 3.05) is 0 Å². The van der Waals surface area contributed by atoms with Crippen LogP contribution in [0.15, 0.2) is 36.5 Å². The van der Waals surface area contributed by atoms with Gasteiger partial charge in [0.05, 0.1) is 10.4 Å². The SMILES string of the molecule is C[n+]1ccc(Cl)c2ccccc21.[I-]. The molecule has 0 fully saturated rings. The van der Waals surface area contributed by atoms with E-state index >= 15 is 0 Å². The van der Waals surface area contributed by atoms with Crippen molar-refractivity contribution in [3.63, 3.8) is 0 Å². The maximum absolute atomic E-state index is 6.02. The van der Waals surface area contributed by atoms with Crippen LogP contribution >= 0.6 is 11.6 Å². The Morgan fingerprint density at radius 1 is 1.15 bits per heavy atom. The molecule has 0 bridgehead atoms. The summed E-state index contributed by atoms with van der Waals surface area (Å²) in [6, 6.07) is 10.00. The van der Waals surface area contributed by atoms with E-state index in [0.717, 1.165) is 15.9 Å². The molecule has 0 spiro atoms. The van der Waals surface area contributed by atoms with Crippen LogP contribution < -0.4 is 28.5 Å². The van der Waals surface area contributed by atoms with Gasteiger partial charge in [0.2, 0.25) is 5.52 Å². The molecule has 1 nitrogen and oxygen atoms in total. The molecule has 0 N–H and O–H groups in total. The van der Waals surface area contributed by atoms with Gasteiger partial charge in [-0.15, -0.1) is 0 Å². The standard InChI is InChI=1S/C10H9ClN.HI/c1-12-7-6-9(11)8-4-2-3-5-10(8)12;/h2-7H,1H3;1H/q+1;/p-1. The summed E-state index contributed by atoms with van der Waals surface area (Å²) in [5, 5.41) is 1.91. The Bertz CT molecular complexity index is 388. The van der Waals surface area contributed by atoms with Gasteiger partial charge in [-0.2, -0.15) is 0 Å². The summed E-state index contributed by atoms with van der Waals surface area (Å²) in [7, 11) is 2.01. The molecule has 0 aliphatic rings. The van der Waals surface area contributed by atoms with Crippen LogP contribution in [-0.2, 0) is 7.05 Å². The first-order chi connectivity index (χ1) is 5.79. The van der Waals surface area contributed by atoms with Crippen LogP contribution in [-0.4, -0.2) is 0 Å². The quantitative estimate of drug-likeness (QED) is 0.449. The molecular formula is C10H9ClIN. The number of nitrogens with zero attached hydrogens (tertiary/aromatic N) is 1. The van der Waals surface area contributed by atoms with Crippen molar-refractivity contribution in [3.05, 3.63) is 41.6 Å². The second kappa shape index (κ2) is 4.24. The average Bonchev–Trinajstić information content (AvgIpc) is 2.12. The van der Waals surface area contributed by atoms with Gasteiger partial charge < -0.3 is 24.0 Å². The van der Waals surface area contributed by atoms with Gasteiger partial charge in [-0.25, -0.2) is 4.57 Å². The highest BCUT2D eigenvalue weighted by molar-refractivity contribution is 6.35. The molecule has 0 atom stereocenters. The number of rotatable bonds is 0. The molecule has 0 unspecified atom stereocenters. The molecule has 2 rings (SSSR count). The second-order valence-corrected chi connectivity index (χ2v) is 3.20. The van der Waals surface area contributed by atoms with Gasteiger partial charge in [0.1, 0.15) is 7.05 Å². The molecule has 0 radical (unpaired) electrons. The summed E-state index contributed by atoms with van der Waals surface area (Å²) < 4.78 is 2.06. The van der Waals surface area contributed by atoms with Crippen molar-refractivity contribution in [2.24, 2.45) is 7.05 Å². The largest absolute Gasteiger partial charge is 1.00 e. The van der Waals surface area contributed by atoms with Crippen molar-refractivity contribution in [2.45, 2.75) is 0 Å². The third-order valence-corrected chi connectivity index (χ3v) is 2.32. The Balaban J connectivity index is 0.000000845. The van der Waals surface area contributed by atoms with Crippen LogP contribution in [0, 0.1) is 0 Å². The third-order valence-electron chi connectivity index (χ3n) is 1.99. The Morgan fingerprint density at radius 2 is 1.85 bits per heavy atom. The Labute approximate surface area is 99.4 Å². The number of aromatic nitrogens is 1. The summed E-state index contributed by atoms with van der Waals surface area (Å²) in [6.45, 7) is 0. The molecule has 0 saturated carbocycles. The van der Waals surface area contributed by atoms with E-state index in [0.29, 0.717) is 0 Å². The molecule has 13 heavy (non-hydrogen) atoms. The average molecular weight is 306 g/mol. The lowest BCUT2D eigenvalue weighted by Crippen LogP contribution is -3.00. The van der Waals surface area contributed by atoms with Crippen LogP contribution in [0.3, 0.4) is 0 Å². The predicted molar refractivity (Wildman–Crippen MR) is 50.1 cm³/mol. The normalized spacial score (nSPS) is 9.69. The lowest BCUT2D eigenvalue weighted by Gasteiger charge is -1.96. The number of halogens is 2. The summed E-state index contributed by atoms with van der Waals surface area (Å²) in [4.78, 5) is 0. The van der Waals surface area contributed by atoms with Crippen LogP contribution in [0.5, 0.6) is 0 Å². The maximum atomic E-state index is 6.02. The number of benzene rings is 1. The minimum atomic E-state index is 0. The second-order valence-electron chi connectivity index (χ2n) is 2.79. The minimum absolute atomic E-state index is 0. The highest BCUT2D eigenvalue weighted by Gasteiger charge is 2.05. The summed E-state index contributed by atoms with van der Waals surface area (Å²) >= 11 is 6.02. The van der Waals surface area contributed by atoms with Crippen molar-refractivity contribution in [1.29, 1.82) is 0 Å². The summed E-state index contributed by atoms with van der Waals surface area (Å²) in [5.74, 6) is 0. The van der Waals surface area contributed by atoms with Crippen LogP contribution in [0.1, 0.15) is 0 Å². The first kappa shape index (κ1) is 10.7. The van der Waals surface area contributed by atoms with E-state index in [1.807, 2.05) is 37.5 Å². The number of para-hydroxylation sites is 1. The van der Waals surface area contributed by atoms with Crippen LogP contribution in [0.2, 0.25) is 5.02 Å². The summed E-state index contributed by atoms with van der Waals surface area (Å²) in [5.41, 5.74) is 1.16. The number of pyridine rings is 1. The first-order valence-corrected chi connectivity index (χ1v) is 4.20. The van der Waals surface area contributed by atoms with Crippen molar-refractivity contribution in [3.8, 4) is 0 Å². The minimum Gasteiger partial charge on any atom is -1.00 e. The fourth-order valence-corrected chi connectivity index (χ4v) is 1.55. The molecule has 1 aromatic carbocycles. The molecule has 1 aromatic heterocycles. The fourth-order valence-electron chi connectivity index (χ4n) is 1.33. The van der Waals surface area contributed by atoms with Crippen molar-refractivity contribution >= 4 is 22.5 Å². The van der Waals surface area contributed by atoms with E-state index in [1.54, 1.807) is 0 Å². The summed E-state index contributed by atoms with van der Waals surface area (Å²) in [6.07, 6.45) is 1.96. The fraction of sp³-hybridized carbons (Fsp3) is 0.100. The first-order valence-electron chi connectivity index (χ1n) is 3.82. The molecule has 0 amide bonds. The van der Waals surface area contributed by atoms with E-state index in [4.69, 9.17) is 11.6 Å². The zero-order valence-corrected chi connectivity index (χ0v) is 10.1. The molecule has 0 saturated heterocycles. The van der Waals surface area contributed by atoms with Crippen molar-refractivity contribution < 1.29 is 28.5 Å². The smallest absolute Gasteiger partial charge is 0.213 e. The molecule has 68 valence electrons. The maximum Gasteiger partial charge on any atom is 0.213 e. The van der Waals surface area contributed by atoms with E-state index in [2.05, 4.69) is 10.6 Å². The van der Waals surface area contributed by atoms with Crippen LogP contribution in [0.25, 0.3) is 10.9 Å². The topological polar surface area (TPSA) is 3.88 Å². The van der Waals surface area contributed by atoms with Gasteiger partial charge in [0.15, 0.2) is 6.20 Å². The molecule has 0 aliphatic heterocycles. The lowest BCUT2D eigenvalue weighted by atomic mass is 10.2. The number of fused-ring (bicyclic) bond motifs is 1. The van der Waals surface area contributed by atoms with Crippen molar-refractivity contribution in [1.82, 2.24) is 0 Å². The van der Waals surface area contributed by atoms with Crippen LogP contribution in [0.4, 0.5) is 0 Å². The van der Waals surface area contributed by atoms with Gasteiger partial charge in [0, 0.05) is 12.1 Å². The Kier molecular flexibility index (Phi) is 3.50. The number of hydrogen-bond donors (Lipinski definition) is 0. The van der Waals surface area contributed by atoms with Gasteiger partial charge in [-0.3, -0.25) is 0 Å². The zero-order valence-electron chi connectivity index (χ0n) is 7.17. The third kappa shape index (κ3) is 1.94. The molecule has 2 aromatic rings. The van der Waals surface area contributed by atoms with E-state index < -0.39 is 0 Å². The Hall–Kier alpha value is -0.350. The zero-order chi connectivity index (χ0) is 8.55. The lowest BCUT2D eigenvalue weighted by molar-refractivity contribution is -0.644. The van der Waals surface area contributed by atoms with Gasteiger partial charge >= 0.3 is 0 Å². The molecule has 0 aliphatic carbocycles. The highest BCUT2D eigenvalue weighted by atomic mass is 127. The number of hydrogen-bond acceptors (Lipinski definition) is 0. The molecular weight excluding hydrogens is 296 g/mol. The van der Waals surface area contributed by atoms with E-state index in [-0.39, 0.29) is 24.0 Å². The monoisotopic (exact) mass is 305 g/mol. The highest BCUT2D eigenvalue weighted by Crippen LogP contribution is 2.18.